The molecule has 4 aliphatic rings. The standard InChI is InChI=1S/C35H47N6O10P/c1-21(33(44)49-25-10-8-11-25)40-52(45,51-26-16-14-24(15-17-26)34(4,5)6)46-18-28-30(47-22(2)42)31(48-23(3)43)35(50-28,19-37-7)29-13-9-12-27-32(36)38-20-39-41(27)29/h9,12-17,19-21,25,28-31H,8,10-11,18H2,1-7H3,(H,40,45)(H2,36,38,39)/t21-,28+,29?,30+,31+,35-,52?/m0/s1. The summed E-state index contributed by atoms with van der Waals surface area (Å²) in [4.78, 5) is 46.5. The molecular formula is C35H47N6O10P. The molecule has 52 heavy (non-hydrogen) atoms. The third-order valence-corrected chi connectivity index (χ3v) is 10.6. The number of nitrogens with zero attached hydrogens (tertiary/aromatic N) is 4. The third-order valence-electron chi connectivity index (χ3n) is 8.94. The predicted molar refractivity (Wildman–Crippen MR) is 192 cm³/mol. The SMILES string of the molecule is CN=C[C@@]1(C2C=CC=C3C(N)=NC=NN32)O[C@H](COP(=O)(N[C@@H](C)C(=O)OC2CCC2)Oc2ccc(C(C)(C)C)cc2)[C@@H](OC(C)=O)[C@H]1OC(C)=O. The van der Waals surface area contributed by atoms with Crippen LogP contribution in [0.2, 0.25) is 0 Å². The Kier molecular flexibility index (Phi) is 11.7. The Balaban J connectivity index is 1.48. The topological polar surface area (TPSA) is 202 Å². The Morgan fingerprint density at radius 3 is 2.44 bits per heavy atom. The molecule has 0 bridgehead atoms. The molecule has 5 rings (SSSR count). The Labute approximate surface area is 303 Å². The second kappa shape index (κ2) is 15.7. The molecule has 1 aliphatic carbocycles. The maximum atomic E-state index is 14.6. The van der Waals surface area contributed by atoms with Crippen molar-refractivity contribution in [2.45, 2.75) is 108 Å². The molecule has 1 aromatic carbocycles. The maximum Gasteiger partial charge on any atom is 0.459 e. The molecule has 3 heterocycles. The van der Waals surface area contributed by atoms with Crippen LogP contribution in [0.4, 0.5) is 0 Å². The van der Waals surface area contributed by atoms with Crippen LogP contribution in [0, 0.1) is 0 Å². The third kappa shape index (κ3) is 8.63. The summed E-state index contributed by atoms with van der Waals surface area (Å²) >= 11 is 0. The van der Waals surface area contributed by atoms with Crippen molar-refractivity contribution in [3.05, 3.63) is 53.8 Å². The van der Waals surface area contributed by atoms with Crippen LogP contribution in [-0.2, 0) is 47.8 Å². The van der Waals surface area contributed by atoms with Gasteiger partial charge < -0.3 is 29.2 Å². The number of aliphatic imine (C=N–C) groups is 2. The average molecular weight is 743 g/mol. The van der Waals surface area contributed by atoms with E-state index in [9.17, 15) is 18.9 Å². The summed E-state index contributed by atoms with van der Waals surface area (Å²) in [5.74, 6) is -1.66. The lowest BCUT2D eigenvalue weighted by molar-refractivity contribution is -0.166. The van der Waals surface area contributed by atoms with Gasteiger partial charge in [-0.05, 0) is 55.4 Å². The fourth-order valence-electron chi connectivity index (χ4n) is 6.17. The van der Waals surface area contributed by atoms with Gasteiger partial charge in [-0.3, -0.25) is 23.9 Å². The number of fused-ring (bicyclic) bond motifs is 1. The first kappa shape index (κ1) is 38.9. The fourth-order valence-corrected chi connectivity index (χ4v) is 7.68. The minimum atomic E-state index is -4.42. The second-order valence-corrected chi connectivity index (χ2v) is 15.7. The molecule has 2 fully saturated rings. The molecule has 7 atom stereocenters. The lowest BCUT2D eigenvalue weighted by atomic mass is 9.85. The van der Waals surface area contributed by atoms with Gasteiger partial charge in [0.2, 0.25) is 0 Å². The van der Waals surface area contributed by atoms with E-state index in [2.05, 4.69) is 40.9 Å². The van der Waals surface area contributed by atoms with E-state index in [1.807, 2.05) is 12.1 Å². The Morgan fingerprint density at radius 1 is 1.15 bits per heavy atom. The van der Waals surface area contributed by atoms with Crippen molar-refractivity contribution in [2.75, 3.05) is 13.7 Å². The van der Waals surface area contributed by atoms with Crippen molar-refractivity contribution >= 4 is 44.0 Å². The second-order valence-electron chi connectivity index (χ2n) is 14.0. The van der Waals surface area contributed by atoms with Gasteiger partial charge in [-0.25, -0.2) is 14.6 Å². The van der Waals surface area contributed by atoms with Crippen LogP contribution < -0.4 is 15.3 Å². The molecule has 2 unspecified atom stereocenters. The maximum absolute atomic E-state index is 14.6. The van der Waals surface area contributed by atoms with Crippen LogP contribution >= 0.6 is 7.75 Å². The largest absolute Gasteiger partial charge is 0.461 e. The van der Waals surface area contributed by atoms with Crippen molar-refractivity contribution in [1.82, 2.24) is 10.1 Å². The number of esters is 3. The number of benzene rings is 1. The molecule has 0 spiro atoms. The summed E-state index contributed by atoms with van der Waals surface area (Å²) in [5, 5.41) is 8.63. The molecule has 0 radical (unpaired) electrons. The van der Waals surface area contributed by atoms with Crippen molar-refractivity contribution in [3.8, 4) is 5.75 Å². The van der Waals surface area contributed by atoms with Crippen molar-refractivity contribution < 1.29 is 46.9 Å². The van der Waals surface area contributed by atoms with Crippen LogP contribution in [0.3, 0.4) is 0 Å². The number of ether oxygens (including phenoxy) is 4. The lowest BCUT2D eigenvalue weighted by Gasteiger charge is -2.43. The highest BCUT2D eigenvalue weighted by Crippen LogP contribution is 2.48. The van der Waals surface area contributed by atoms with Gasteiger partial charge in [0.1, 0.15) is 42.1 Å². The predicted octanol–water partition coefficient (Wildman–Crippen LogP) is 3.70. The quantitative estimate of drug-likeness (QED) is 0.128. The van der Waals surface area contributed by atoms with E-state index in [0.29, 0.717) is 5.70 Å². The van der Waals surface area contributed by atoms with E-state index in [-0.39, 0.29) is 23.1 Å². The smallest absolute Gasteiger partial charge is 0.459 e. The molecule has 17 heteroatoms. The zero-order valence-corrected chi connectivity index (χ0v) is 31.3. The number of amidine groups is 1. The number of rotatable bonds is 13. The van der Waals surface area contributed by atoms with Crippen LogP contribution in [-0.4, -0.2) is 97.1 Å². The van der Waals surface area contributed by atoms with Crippen LogP contribution in [0.25, 0.3) is 0 Å². The van der Waals surface area contributed by atoms with E-state index in [0.717, 1.165) is 24.8 Å². The number of carbonyl (C=O) groups is 3. The molecule has 16 nitrogen and oxygen atoms in total. The summed E-state index contributed by atoms with van der Waals surface area (Å²) in [6.07, 6.45) is 6.24. The molecule has 3 aliphatic heterocycles. The van der Waals surface area contributed by atoms with Gasteiger partial charge in [0.25, 0.3) is 0 Å². The van der Waals surface area contributed by atoms with Crippen molar-refractivity contribution in [1.29, 1.82) is 0 Å². The first-order chi connectivity index (χ1) is 24.5. The van der Waals surface area contributed by atoms with Gasteiger partial charge in [-0.2, -0.15) is 10.2 Å². The number of allylic oxidation sites excluding steroid dienone is 2. The average Bonchev–Trinajstić information content (AvgIpc) is 3.32. The van der Waals surface area contributed by atoms with E-state index < -0.39 is 68.3 Å². The van der Waals surface area contributed by atoms with E-state index in [1.165, 1.54) is 45.4 Å². The number of nitrogens with one attached hydrogen (secondary N) is 1. The Hall–Kier alpha value is -4.37. The normalized spacial score (nSPS) is 27.5. The number of carbonyl (C=O) groups excluding carboxylic acids is 3. The number of hydrazone groups is 1. The number of hydrogen-bond acceptors (Lipinski definition) is 15. The van der Waals surface area contributed by atoms with Crippen LogP contribution in [0.1, 0.15) is 66.4 Å². The van der Waals surface area contributed by atoms with Gasteiger partial charge in [-0.15, -0.1) is 0 Å². The molecule has 1 saturated carbocycles. The highest BCUT2D eigenvalue weighted by molar-refractivity contribution is 7.52. The highest BCUT2D eigenvalue weighted by atomic mass is 31.2. The molecule has 0 amide bonds. The van der Waals surface area contributed by atoms with Crippen LogP contribution in [0.15, 0.2) is 63.3 Å². The Bertz CT molecular complexity index is 1720. The summed E-state index contributed by atoms with van der Waals surface area (Å²) in [5.41, 5.74) is 5.80. The zero-order valence-electron chi connectivity index (χ0n) is 30.4. The summed E-state index contributed by atoms with van der Waals surface area (Å²) in [6, 6.07) is 5.02. The first-order valence-electron chi connectivity index (χ1n) is 17.1. The molecule has 0 aromatic heterocycles. The molecule has 282 valence electrons. The van der Waals surface area contributed by atoms with Gasteiger partial charge >= 0.3 is 25.7 Å². The van der Waals surface area contributed by atoms with E-state index in [4.69, 9.17) is 33.7 Å². The van der Waals surface area contributed by atoms with Gasteiger partial charge in [0.05, 0.1) is 6.61 Å². The minimum absolute atomic E-state index is 0.156. The van der Waals surface area contributed by atoms with E-state index in [1.54, 1.807) is 30.4 Å². The van der Waals surface area contributed by atoms with Gasteiger partial charge in [0, 0.05) is 27.1 Å². The fraction of sp³-hybridized carbons (Fsp3) is 0.543. The Morgan fingerprint density at radius 2 is 1.85 bits per heavy atom. The molecular weight excluding hydrogens is 695 g/mol. The summed E-state index contributed by atoms with van der Waals surface area (Å²) < 4.78 is 50.4. The van der Waals surface area contributed by atoms with Crippen molar-refractivity contribution in [3.63, 3.8) is 0 Å². The monoisotopic (exact) mass is 742 g/mol. The van der Waals surface area contributed by atoms with Gasteiger partial charge in [0.15, 0.2) is 23.6 Å². The van der Waals surface area contributed by atoms with Crippen LogP contribution in [0.5, 0.6) is 5.75 Å². The minimum Gasteiger partial charge on any atom is -0.461 e. The first-order valence-corrected chi connectivity index (χ1v) is 18.6. The molecule has 1 saturated heterocycles. The zero-order chi connectivity index (χ0) is 37.8. The van der Waals surface area contributed by atoms with Gasteiger partial charge in [-0.1, -0.05) is 45.1 Å². The van der Waals surface area contributed by atoms with Crippen molar-refractivity contribution in [2.24, 2.45) is 20.8 Å². The summed E-state index contributed by atoms with van der Waals surface area (Å²) in [6.45, 7) is 9.53. The summed E-state index contributed by atoms with van der Waals surface area (Å²) in [7, 11) is -2.92. The number of hydrogen-bond donors (Lipinski definition) is 2. The lowest BCUT2D eigenvalue weighted by Crippen LogP contribution is -2.61. The molecule has 3 N–H and O–H groups in total. The number of nitrogens with two attached hydrogens (primary N) is 1. The highest BCUT2D eigenvalue weighted by Gasteiger charge is 2.64. The molecule has 1 aromatic rings. The van der Waals surface area contributed by atoms with E-state index >= 15 is 0 Å².